The molecule has 0 unspecified atom stereocenters. The molecule has 2 aromatic carbocycles. The molecule has 0 N–H and O–H groups in total. The van der Waals surface area contributed by atoms with Crippen molar-refractivity contribution in [2.45, 2.75) is 6.54 Å². The number of aliphatic imine (C=N–C) groups is 1. The maximum Gasteiger partial charge on any atom is 0.164 e. The summed E-state index contributed by atoms with van der Waals surface area (Å²) in [5, 5.41) is 1.02. The fourth-order valence-electron chi connectivity index (χ4n) is 1.82. The van der Waals surface area contributed by atoms with Crippen LogP contribution in [-0.2, 0) is 6.54 Å². The van der Waals surface area contributed by atoms with Crippen molar-refractivity contribution >= 4 is 22.6 Å². The molecule has 2 nitrogen and oxygen atoms in total. The molecule has 0 fully saturated rings. The Morgan fingerprint density at radius 2 is 1.58 bits per heavy atom. The average molecular weight is 270 g/mol. The summed E-state index contributed by atoms with van der Waals surface area (Å²) in [6.07, 6.45) is 2.06. The minimum absolute atomic E-state index is 0.868. The first-order valence-electron chi connectivity index (χ1n) is 6.22. The van der Waals surface area contributed by atoms with Crippen molar-refractivity contribution in [3.05, 3.63) is 66.2 Å². The molecule has 2 rings (SSSR count). The Morgan fingerprint density at radius 1 is 1.00 bits per heavy atom. The molecule has 0 amide bonds. The lowest BCUT2D eigenvalue weighted by Gasteiger charge is -2.19. The maximum absolute atomic E-state index is 4.68. The van der Waals surface area contributed by atoms with Crippen molar-refractivity contribution in [2.75, 3.05) is 13.3 Å². The summed E-state index contributed by atoms with van der Waals surface area (Å²) in [5.74, 6) is 0. The number of para-hydroxylation sites is 1. The van der Waals surface area contributed by atoms with Gasteiger partial charge in [0.05, 0.1) is 5.69 Å². The molecule has 0 aliphatic carbocycles. The van der Waals surface area contributed by atoms with Gasteiger partial charge in [-0.15, -0.1) is 0 Å². The number of nitrogens with zero attached hydrogens (tertiary/aromatic N) is 2. The number of amidine groups is 1. The van der Waals surface area contributed by atoms with Gasteiger partial charge in [-0.05, 0) is 24.0 Å². The Bertz CT molecular complexity index is 523. The number of hydrogen-bond donors (Lipinski definition) is 0. The van der Waals surface area contributed by atoms with Gasteiger partial charge in [-0.3, -0.25) is 0 Å². The molecule has 0 atom stereocenters. The lowest BCUT2D eigenvalue weighted by molar-refractivity contribution is 0.511. The molecular formula is C16H18N2S. The Morgan fingerprint density at radius 3 is 2.16 bits per heavy atom. The molecule has 0 aliphatic rings. The minimum atomic E-state index is 0.868. The van der Waals surface area contributed by atoms with Gasteiger partial charge in [0.25, 0.3) is 0 Å². The molecule has 0 saturated heterocycles. The van der Waals surface area contributed by atoms with Gasteiger partial charge in [0.15, 0.2) is 5.17 Å². The first-order valence-corrected chi connectivity index (χ1v) is 7.45. The summed E-state index contributed by atoms with van der Waals surface area (Å²) in [4.78, 5) is 6.85. The van der Waals surface area contributed by atoms with Crippen LogP contribution in [0.2, 0.25) is 0 Å². The third-order valence-corrected chi connectivity index (χ3v) is 3.52. The zero-order chi connectivity index (χ0) is 13.5. The quantitative estimate of drug-likeness (QED) is 0.614. The predicted octanol–water partition coefficient (Wildman–Crippen LogP) is 4.17. The smallest absolute Gasteiger partial charge is 0.164 e. The second-order valence-electron chi connectivity index (χ2n) is 4.28. The number of rotatable bonds is 3. The highest BCUT2D eigenvalue weighted by atomic mass is 32.2. The van der Waals surface area contributed by atoms with Crippen LogP contribution in [0.4, 0.5) is 5.69 Å². The second-order valence-corrected chi connectivity index (χ2v) is 5.05. The minimum Gasteiger partial charge on any atom is -0.350 e. The van der Waals surface area contributed by atoms with Crippen LogP contribution in [0, 0.1) is 0 Å². The summed E-state index contributed by atoms with van der Waals surface area (Å²) in [5.41, 5.74) is 2.28. The lowest BCUT2D eigenvalue weighted by Crippen LogP contribution is -2.23. The van der Waals surface area contributed by atoms with Gasteiger partial charge in [0, 0.05) is 13.6 Å². The summed E-state index contributed by atoms with van der Waals surface area (Å²) < 4.78 is 0. The Kier molecular flexibility index (Phi) is 5.04. The topological polar surface area (TPSA) is 15.6 Å². The first kappa shape index (κ1) is 13.7. The third kappa shape index (κ3) is 4.14. The van der Waals surface area contributed by atoms with Gasteiger partial charge < -0.3 is 4.90 Å². The molecule has 3 heteroatoms. The van der Waals surface area contributed by atoms with Crippen LogP contribution >= 0.6 is 11.8 Å². The van der Waals surface area contributed by atoms with Crippen LogP contribution in [0.5, 0.6) is 0 Å². The molecule has 0 heterocycles. The van der Waals surface area contributed by atoms with Crippen molar-refractivity contribution in [3.8, 4) is 0 Å². The van der Waals surface area contributed by atoms with E-state index < -0.39 is 0 Å². The monoisotopic (exact) mass is 270 g/mol. The summed E-state index contributed by atoms with van der Waals surface area (Å²) in [6.45, 7) is 0.868. The van der Waals surface area contributed by atoms with Crippen LogP contribution in [0.1, 0.15) is 5.56 Å². The van der Waals surface area contributed by atoms with E-state index in [-0.39, 0.29) is 0 Å². The van der Waals surface area contributed by atoms with E-state index in [0.717, 1.165) is 17.4 Å². The van der Waals surface area contributed by atoms with Crippen molar-refractivity contribution in [1.82, 2.24) is 4.90 Å². The van der Waals surface area contributed by atoms with E-state index in [0.29, 0.717) is 0 Å². The predicted molar refractivity (Wildman–Crippen MR) is 85.0 cm³/mol. The lowest BCUT2D eigenvalue weighted by atomic mass is 10.2. The van der Waals surface area contributed by atoms with E-state index in [1.165, 1.54) is 5.56 Å². The van der Waals surface area contributed by atoms with Crippen molar-refractivity contribution in [2.24, 2.45) is 4.99 Å². The molecule has 19 heavy (non-hydrogen) atoms. The van der Waals surface area contributed by atoms with Gasteiger partial charge in [0.2, 0.25) is 0 Å². The second kappa shape index (κ2) is 7.00. The van der Waals surface area contributed by atoms with Crippen LogP contribution in [0.15, 0.2) is 65.7 Å². The van der Waals surface area contributed by atoms with Crippen molar-refractivity contribution in [1.29, 1.82) is 0 Å². The molecule has 0 saturated carbocycles. The largest absolute Gasteiger partial charge is 0.350 e. The Labute approximate surface area is 119 Å². The van der Waals surface area contributed by atoms with Crippen LogP contribution in [-0.4, -0.2) is 23.4 Å². The summed E-state index contributed by atoms with van der Waals surface area (Å²) >= 11 is 1.67. The van der Waals surface area contributed by atoms with Crippen LogP contribution < -0.4 is 0 Å². The van der Waals surface area contributed by atoms with Crippen LogP contribution in [0.25, 0.3) is 0 Å². The normalized spacial score (nSPS) is 11.4. The fourth-order valence-corrected chi connectivity index (χ4v) is 2.40. The van der Waals surface area contributed by atoms with Gasteiger partial charge in [-0.1, -0.05) is 60.3 Å². The SMILES string of the molecule is CSC(=Nc1ccccc1)N(C)Cc1ccccc1. The van der Waals surface area contributed by atoms with E-state index in [1.54, 1.807) is 11.8 Å². The first-order chi connectivity index (χ1) is 9.29. The molecule has 0 aliphatic heterocycles. The van der Waals surface area contributed by atoms with Crippen LogP contribution in [0.3, 0.4) is 0 Å². The standard InChI is InChI=1S/C16H18N2S/c1-18(13-14-9-5-3-6-10-14)16(19-2)17-15-11-7-4-8-12-15/h3-12H,13H2,1-2H3. The number of benzene rings is 2. The molecular weight excluding hydrogens is 252 g/mol. The molecule has 0 spiro atoms. The fraction of sp³-hybridized carbons (Fsp3) is 0.188. The molecule has 0 aromatic heterocycles. The van der Waals surface area contributed by atoms with Gasteiger partial charge in [-0.25, -0.2) is 4.99 Å². The van der Waals surface area contributed by atoms with E-state index >= 15 is 0 Å². The van der Waals surface area contributed by atoms with E-state index in [2.05, 4.69) is 47.5 Å². The zero-order valence-electron chi connectivity index (χ0n) is 11.3. The average Bonchev–Trinajstić information content (AvgIpc) is 2.47. The number of hydrogen-bond acceptors (Lipinski definition) is 2. The van der Waals surface area contributed by atoms with E-state index in [4.69, 9.17) is 0 Å². The summed E-state index contributed by atoms with van der Waals surface area (Å²) in [6, 6.07) is 20.5. The zero-order valence-corrected chi connectivity index (χ0v) is 12.1. The summed E-state index contributed by atoms with van der Waals surface area (Å²) in [7, 11) is 2.07. The van der Waals surface area contributed by atoms with E-state index in [1.807, 2.05) is 36.4 Å². The number of thioether (sulfide) groups is 1. The Balaban J connectivity index is 2.11. The van der Waals surface area contributed by atoms with E-state index in [9.17, 15) is 0 Å². The molecule has 2 aromatic rings. The van der Waals surface area contributed by atoms with Crippen molar-refractivity contribution in [3.63, 3.8) is 0 Å². The highest BCUT2D eigenvalue weighted by Gasteiger charge is 2.06. The molecule has 0 radical (unpaired) electrons. The highest BCUT2D eigenvalue weighted by molar-refractivity contribution is 8.13. The Hall–Kier alpha value is -1.74. The van der Waals surface area contributed by atoms with Gasteiger partial charge in [0.1, 0.15) is 0 Å². The van der Waals surface area contributed by atoms with Gasteiger partial charge in [-0.2, -0.15) is 0 Å². The third-order valence-electron chi connectivity index (χ3n) is 2.75. The van der Waals surface area contributed by atoms with Crippen molar-refractivity contribution < 1.29 is 0 Å². The highest BCUT2D eigenvalue weighted by Crippen LogP contribution is 2.16. The maximum atomic E-state index is 4.68. The molecule has 98 valence electrons. The molecule has 0 bridgehead atoms. The van der Waals surface area contributed by atoms with Gasteiger partial charge >= 0.3 is 0 Å².